The number of ether oxygens (including phenoxy) is 1. The zero-order valence-corrected chi connectivity index (χ0v) is 18.3. The van der Waals surface area contributed by atoms with Crippen LogP contribution in [0.1, 0.15) is 51.1 Å². The molecule has 2 fully saturated rings. The summed E-state index contributed by atoms with van der Waals surface area (Å²) in [5, 5.41) is 5.78. The van der Waals surface area contributed by atoms with Crippen molar-refractivity contribution in [1.29, 1.82) is 0 Å². The first kappa shape index (κ1) is 20.5. The molecule has 166 valence electrons. The highest BCUT2D eigenvalue weighted by molar-refractivity contribution is 6.02. The number of likely N-dealkylation sites (tertiary alicyclic amines) is 1. The van der Waals surface area contributed by atoms with Gasteiger partial charge in [-0.05, 0) is 17.7 Å². The van der Waals surface area contributed by atoms with Gasteiger partial charge in [0.2, 0.25) is 5.91 Å². The van der Waals surface area contributed by atoms with Crippen LogP contribution in [0.3, 0.4) is 0 Å². The first-order valence-corrected chi connectivity index (χ1v) is 11.2. The van der Waals surface area contributed by atoms with Crippen molar-refractivity contribution in [1.82, 2.24) is 15.5 Å². The Balaban J connectivity index is 1.39. The van der Waals surface area contributed by atoms with Crippen molar-refractivity contribution in [2.45, 2.75) is 25.3 Å². The fourth-order valence-electron chi connectivity index (χ4n) is 5.13. The average molecular weight is 434 g/mol. The van der Waals surface area contributed by atoms with Crippen LogP contribution < -0.4 is 15.4 Å². The number of piperidine rings is 1. The second kappa shape index (κ2) is 7.97. The van der Waals surface area contributed by atoms with Crippen LogP contribution in [0, 0.1) is 11.8 Å². The van der Waals surface area contributed by atoms with E-state index >= 15 is 0 Å². The molecule has 1 saturated carbocycles. The standard InChI is InChI=1S/C25H27N3O4/c1-3-21(29)28-11-18-19(12-28)22(18)27-24(30)15-9-16-20(14-7-5-4-6-8-14)13-32-23(16)17(10-15)25(31)26-2/h4-10,18-20,22H,3,11-13H2,1-2H3,(H,26,31)(H,27,30)/t18-,19+,20-,22?/m0/s1. The number of carbonyl (C=O) groups excluding carboxylic acids is 3. The molecule has 0 bridgehead atoms. The summed E-state index contributed by atoms with van der Waals surface area (Å²) in [6.07, 6.45) is 0.512. The van der Waals surface area contributed by atoms with Crippen molar-refractivity contribution in [3.63, 3.8) is 0 Å². The second-order valence-electron chi connectivity index (χ2n) is 8.77. The van der Waals surface area contributed by atoms with Crippen molar-refractivity contribution < 1.29 is 19.1 Å². The van der Waals surface area contributed by atoms with Gasteiger partial charge in [-0.15, -0.1) is 0 Å². The minimum atomic E-state index is -0.276. The highest BCUT2D eigenvalue weighted by atomic mass is 16.5. The average Bonchev–Trinajstić information content (AvgIpc) is 3.17. The molecule has 0 radical (unpaired) electrons. The van der Waals surface area contributed by atoms with E-state index < -0.39 is 0 Å². The number of amides is 3. The van der Waals surface area contributed by atoms with Gasteiger partial charge >= 0.3 is 0 Å². The van der Waals surface area contributed by atoms with Gasteiger partial charge in [-0.1, -0.05) is 37.3 Å². The van der Waals surface area contributed by atoms with Crippen LogP contribution >= 0.6 is 0 Å². The van der Waals surface area contributed by atoms with Gasteiger partial charge < -0.3 is 20.3 Å². The molecule has 2 aliphatic heterocycles. The Labute approximate surface area is 187 Å². The summed E-state index contributed by atoms with van der Waals surface area (Å²) in [4.78, 5) is 39.5. The van der Waals surface area contributed by atoms with Gasteiger partial charge in [0.1, 0.15) is 5.75 Å². The quantitative estimate of drug-likeness (QED) is 0.757. The molecule has 7 heteroatoms. The first-order chi connectivity index (χ1) is 15.5. The maximum absolute atomic E-state index is 13.1. The van der Waals surface area contributed by atoms with E-state index in [4.69, 9.17) is 4.74 Å². The number of nitrogens with zero attached hydrogens (tertiary/aromatic N) is 1. The summed E-state index contributed by atoms with van der Waals surface area (Å²) in [7, 11) is 1.57. The van der Waals surface area contributed by atoms with E-state index in [9.17, 15) is 14.4 Å². The van der Waals surface area contributed by atoms with Gasteiger partial charge in [0.05, 0.1) is 12.2 Å². The summed E-state index contributed by atoms with van der Waals surface area (Å²) in [6.45, 7) is 3.72. The molecule has 2 N–H and O–H groups in total. The van der Waals surface area contributed by atoms with Gasteiger partial charge in [-0.2, -0.15) is 0 Å². The van der Waals surface area contributed by atoms with E-state index in [-0.39, 0.29) is 29.7 Å². The van der Waals surface area contributed by atoms with E-state index in [1.54, 1.807) is 13.1 Å². The van der Waals surface area contributed by atoms with Crippen LogP contribution in [0.25, 0.3) is 0 Å². The minimum Gasteiger partial charge on any atom is -0.491 e. The lowest BCUT2D eigenvalue weighted by Crippen LogP contribution is -2.37. The lowest BCUT2D eigenvalue weighted by molar-refractivity contribution is -0.130. The number of rotatable bonds is 5. The number of hydrogen-bond donors (Lipinski definition) is 2. The number of hydrogen-bond acceptors (Lipinski definition) is 4. The largest absolute Gasteiger partial charge is 0.491 e. The van der Waals surface area contributed by atoms with Crippen molar-refractivity contribution in [3.8, 4) is 5.75 Å². The molecule has 7 nitrogen and oxygen atoms in total. The molecule has 2 aromatic rings. The first-order valence-electron chi connectivity index (χ1n) is 11.2. The second-order valence-corrected chi connectivity index (χ2v) is 8.77. The summed E-state index contributed by atoms with van der Waals surface area (Å²) in [5.74, 6) is 0.863. The van der Waals surface area contributed by atoms with Gasteiger partial charge in [-0.3, -0.25) is 14.4 Å². The van der Waals surface area contributed by atoms with Crippen molar-refractivity contribution in [2.75, 3.05) is 26.7 Å². The predicted molar refractivity (Wildman–Crippen MR) is 119 cm³/mol. The van der Waals surface area contributed by atoms with Crippen molar-refractivity contribution in [3.05, 3.63) is 64.7 Å². The van der Waals surface area contributed by atoms with Crippen LogP contribution in [0.15, 0.2) is 42.5 Å². The summed E-state index contributed by atoms with van der Waals surface area (Å²) >= 11 is 0. The third-order valence-corrected chi connectivity index (χ3v) is 6.97. The Morgan fingerprint density at radius 2 is 1.78 bits per heavy atom. The summed E-state index contributed by atoms with van der Waals surface area (Å²) in [6, 6.07) is 13.5. The fourth-order valence-corrected chi connectivity index (χ4v) is 5.13. The molecule has 2 aromatic carbocycles. The summed E-state index contributed by atoms with van der Waals surface area (Å²) in [5.41, 5.74) is 2.78. The Hall–Kier alpha value is -3.35. The number of carbonyl (C=O) groups is 3. The zero-order valence-electron chi connectivity index (χ0n) is 18.3. The van der Waals surface area contributed by atoms with Crippen molar-refractivity contribution >= 4 is 17.7 Å². The smallest absolute Gasteiger partial charge is 0.254 e. The SMILES string of the molecule is CCC(=O)N1C[C@@H]2C(NC(=O)c3cc(C(=O)NC)c4c(c3)[C@H](c3ccccc3)CO4)[C@@H]2C1. The van der Waals surface area contributed by atoms with Crippen LogP contribution in [-0.4, -0.2) is 55.4 Å². The Kier molecular flexibility index (Phi) is 5.12. The van der Waals surface area contributed by atoms with Crippen LogP contribution in [0.4, 0.5) is 0 Å². The molecule has 0 spiro atoms. The maximum Gasteiger partial charge on any atom is 0.254 e. The lowest BCUT2D eigenvalue weighted by Gasteiger charge is -2.19. The van der Waals surface area contributed by atoms with Crippen LogP contribution in [-0.2, 0) is 4.79 Å². The predicted octanol–water partition coefficient (Wildman–Crippen LogP) is 2.17. The summed E-state index contributed by atoms with van der Waals surface area (Å²) < 4.78 is 5.92. The molecule has 4 atom stereocenters. The third kappa shape index (κ3) is 3.42. The van der Waals surface area contributed by atoms with Crippen molar-refractivity contribution in [2.24, 2.45) is 11.8 Å². The highest BCUT2D eigenvalue weighted by Crippen LogP contribution is 2.46. The third-order valence-electron chi connectivity index (χ3n) is 6.97. The Morgan fingerprint density at radius 1 is 1.06 bits per heavy atom. The molecule has 32 heavy (non-hydrogen) atoms. The molecule has 2 heterocycles. The molecule has 3 aliphatic rings. The molecule has 3 amide bonds. The molecule has 5 rings (SSSR count). The van der Waals surface area contributed by atoms with Crippen LogP contribution in [0.5, 0.6) is 5.75 Å². The van der Waals surface area contributed by atoms with E-state index in [2.05, 4.69) is 10.6 Å². The number of fused-ring (bicyclic) bond motifs is 2. The topological polar surface area (TPSA) is 87.7 Å². The monoisotopic (exact) mass is 433 g/mol. The maximum atomic E-state index is 13.1. The Bertz CT molecular complexity index is 1070. The molecule has 1 aliphatic carbocycles. The highest BCUT2D eigenvalue weighted by Gasteiger charge is 2.57. The zero-order chi connectivity index (χ0) is 22.4. The molecule has 0 aromatic heterocycles. The normalized spacial score (nSPS) is 24.9. The Morgan fingerprint density at radius 3 is 2.44 bits per heavy atom. The van der Waals surface area contributed by atoms with Gasteiger partial charge in [0.25, 0.3) is 11.8 Å². The number of nitrogens with one attached hydrogen (secondary N) is 2. The van der Waals surface area contributed by atoms with Crippen LogP contribution in [0.2, 0.25) is 0 Å². The number of benzene rings is 2. The van der Waals surface area contributed by atoms with Gasteiger partial charge in [0, 0.05) is 61.5 Å². The lowest BCUT2D eigenvalue weighted by atomic mass is 9.90. The minimum absolute atomic E-state index is 0.0312. The fraction of sp³-hybridized carbons (Fsp3) is 0.400. The van der Waals surface area contributed by atoms with E-state index in [1.807, 2.05) is 48.2 Å². The van der Waals surface area contributed by atoms with Gasteiger partial charge in [-0.25, -0.2) is 0 Å². The van der Waals surface area contributed by atoms with Gasteiger partial charge in [0.15, 0.2) is 0 Å². The van der Waals surface area contributed by atoms with E-state index in [0.717, 1.165) is 11.1 Å². The molecule has 1 saturated heterocycles. The molecule has 1 unspecified atom stereocenters. The molecular formula is C25H27N3O4. The van der Waals surface area contributed by atoms with E-state index in [0.29, 0.717) is 54.8 Å². The molecular weight excluding hydrogens is 406 g/mol. The van der Waals surface area contributed by atoms with E-state index in [1.165, 1.54) is 0 Å².